The van der Waals surface area contributed by atoms with Crippen molar-refractivity contribution in [2.45, 2.75) is 52.6 Å². The molecule has 128 valence electrons. The van der Waals surface area contributed by atoms with Crippen molar-refractivity contribution in [3.63, 3.8) is 0 Å². The molecule has 1 spiro atoms. The van der Waals surface area contributed by atoms with Crippen molar-refractivity contribution in [1.82, 2.24) is 10.2 Å². The van der Waals surface area contributed by atoms with Gasteiger partial charge in [0.05, 0.1) is 5.57 Å². The zero-order valence-electron chi connectivity index (χ0n) is 14.4. The number of carbonyl (C=O) groups is 3. The highest BCUT2D eigenvalue weighted by Gasteiger charge is 2.50. The summed E-state index contributed by atoms with van der Waals surface area (Å²) >= 11 is 0. The molecule has 2 heterocycles. The molecule has 1 fully saturated rings. The molecular formula is C17H26N2O4. The minimum Gasteiger partial charge on any atom is -0.450 e. The van der Waals surface area contributed by atoms with Crippen LogP contribution in [0.2, 0.25) is 0 Å². The lowest BCUT2D eigenvalue weighted by atomic mass is 9.82. The molecule has 1 saturated heterocycles. The van der Waals surface area contributed by atoms with E-state index in [0.29, 0.717) is 49.5 Å². The number of carbonyl (C=O) groups excluding carboxylic acids is 3. The van der Waals surface area contributed by atoms with Crippen LogP contribution in [-0.2, 0) is 19.1 Å². The molecule has 1 N–H and O–H groups in total. The van der Waals surface area contributed by atoms with Crippen LogP contribution in [0.4, 0.5) is 0 Å². The van der Waals surface area contributed by atoms with Gasteiger partial charge in [-0.15, -0.1) is 0 Å². The molecule has 2 aliphatic heterocycles. The van der Waals surface area contributed by atoms with E-state index in [2.05, 4.69) is 19.2 Å². The summed E-state index contributed by atoms with van der Waals surface area (Å²) < 4.78 is 5.58. The maximum atomic E-state index is 12.6. The van der Waals surface area contributed by atoms with Crippen LogP contribution in [0.3, 0.4) is 0 Å². The smallest absolute Gasteiger partial charge is 0.335 e. The summed E-state index contributed by atoms with van der Waals surface area (Å²) in [5, 5.41) is 2.90. The van der Waals surface area contributed by atoms with E-state index in [1.807, 2.05) is 0 Å². The van der Waals surface area contributed by atoms with Gasteiger partial charge in [-0.3, -0.25) is 9.59 Å². The van der Waals surface area contributed by atoms with Gasteiger partial charge in [0.2, 0.25) is 5.91 Å². The van der Waals surface area contributed by atoms with Crippen molar-refractivity contribution < 1.29 is 19.1 Å². The van der Waals surface area contributed by atoms with E-state index >= 15 is 0 Å². The van der Waals surface area contributed by atoms with Gasteiger partial charge in [0.25, 0.3) is 5.91 Å². The molecule has 0 aliphatic carbocycles. The van der Waals surface area contributed by atoms with Crippen LogP contribution in [0.5, 0.6) is 0 Å². The number of rotatable bonds is 4. The molecule has 2 aliphatic rings. The highest BCUT2D eigenvalue weighted by atomic mass is 16.6. The fraction of sp³-hybridized carbons (Fsp3) is 0.706. The Labute approximate surface area is 137 Å². The fourth-order valence-electron chi connectivity index (χ4n) is 3.22. The van der Waals surface area contributed by atoms with Crippen molar-refractivity contribution >= 4 is 17.8 Å². The standard InChI is InChI=1S/C17H26N2O4/c1-11(2)5-8-18-15(21)14-12(3)16(22)23-17(14)6-9-19(10-7-17)13(4)20/h11H,5-10H2,1-4H3,(H,18,21). The van der Waals surface area contributed by atoms with Crippen LogP contribution in [0.15, 0.2) is 11.1 Å². The average molecular weight is 322 g/mol. The van der Waals surface area contributed by atoms with Gasteiger partial charge in [0.1, 0.15) is 5.60 Å². The summed E-state index contributed by atoms with van der Waals surface area (Å²) in [4.78, 5) is 37.8. The maximum absolute atomic E-state index is 12.6. The van der Waals surface area contributed by atoms with Crippen molar-refractivity contribution in [3.05, 3.63) is 11.1 Å². The number of likely N-dealkylation sites (tertiary alicyclic amines) is 1. The number of nitrogens with zero attached hydrogens (tertiary/aromatic N) is 1. The summed E-state index contributed by atoms with van der Waals surface area (Å²) in [6.45, 7) is 8.94. The average Bonchev–Trinajstić information content (AvgIpc) is 2.70. The molecule has 6 nitrogen and oxygen atoms in total. The van der Waals surface area contributed by atoms with E-state index in [1.165, 1.54) is 6.92 Å². The molecule has 0 aromatic rings. The van der Waals surface area contributed by atoms with Crippen LogP contribution < -0.4 is 5.32 Å². The van der Waals surface area contributed by atoms with E-state index in [-0.39, 0.29) is 11.8 Å². The van der Waals surface area contributed by atoms with Crippen LogP contribution >= 0.6 is 0 Å². The summed E-state index contributed by atoms with van der Waals surface area (Å²) in [6.07, 6.45) is 1.84. The van der Waals surface area contributed by atoms with E-state index in [1.54, 1.807) is 11.8 Å². The number of amides is 2. The first-order chi connectivity index (χ1) is 10.8. The number of ether oxygens (including phenoxy) is 1. The maximum Gasteiger partial charge on any atom is 0.335 e. The second-order valence-electron chi connectivity index (χ2n) is 6.83. The first-order valence-corrected chi connectivity index (χ1v) is 8.25. The second-order valence-corrected chi connectivity index (χ2v) is 6.83. The van der Waals surface area contributed by atoms with Gasteiger partial charge in [-0.1, -0.05) is 13.8 Å². The lowest BCUT2D eigenvalue weighted by molar-refractivity contribution is -0.152. The molecular weight excluding hydrogens is 296 g/mol. The highest BCUT2D eigenvalue weighted by Crippen LogP contribution is 2.41. The number of piperidine rings is 1. The van der Waals surface area contributed by atoms with Gasteiger partial charge in [0.15, 0.2) is 0 Å². The van der Waals surface area contributed by atoms with E-state index in [4.69, 9.17) is 4.74 Å². The van der Waals surface area contributed by atoms with Crippen LogP contribution in [0, 0.1) is 5.92 Å². The molecule has 2 amide bonds. The zero-order valence-corrected chi connectivity index (χ0v) is 14.4. The zero-order chi connectivity index (χ0) is 17.2. The largest absolute Gasteiger partial charge is 0.450 e. The number of nitrogens with one attached hydrogen (secondary N) is 1. The predicted molar refractivity (Wildman–Crippen MR) is 85.5 cm³/mol. The Hall–Kier alpha value is -1.85. The van der Waals surface area contributed by atoms with Gasteiger partial charge in [-0.2, -0.15) is 0 Å². The molecule has 0 aromatic carbocycles. The van der Waals surface area contributed by atoms with Crippen molar-refractivity contribution in [2.75, 3.05) is 19.6 Å². The lowest BCUT2D eigenvalue weighted by Crippen LogP contribution is -2.50. The molecule has 6 heteroatoms. The summed E-state index contributed by atoms with van der Waals surface area (Å²) in [6, 6.07) is 0. The molecule has 0 atom stereocenters. The highest BCUT2D eigenvalue weighted by molar-refractivity contribution is 6.07. The monoisotopic (exact) mass is 322 g/mol. The Morgan fingerprint density at radius 3 is 2.43 bits per heavy atom. The van der Waals surface area contributed by atoms with Crippen LogP contribution in [-0.4, -0.2) is 47.9 Å². The third kappa shape index (κ3) is 3.57. The van der Waals surface area contributed by atoms with Gasteiger partial charge in [0, 0.05) is 45.0 Å². The minimum atomic E-state index is -0.866. The Morgan fingerprint density at radius 1 is 1.30 bits per heavy atom. The molecule has 2 rings (SSSR count). The molecule has 0 unspecified atom stereocenters. The van der Waals surface area contributed by atoms with Gasteiger partial charge >= 0.3 is 5.97 Å². The molecule has 0 saturated carbocycles. The Bertz CT molecular complexity index is 543. The van der Waals surface area contributed by atoms with Crippen molar-refractivity contribution in [1.29, 1.82) is 0 Å². The second kappa shape index (κ2) is 6.72. The Morgan fingerprint density at radius 2 is 1.91 bits per heavy atom. The first-order valence-electron chi connectivity index (χ1n) is 8.25. The number of hydrogen-bond acceptors (Lipinski definition) is 4. The van der Waals surface area contributed by atoms with Crippen molar-refractivity contribution in [3.8, 4) is 0 Å². The van der Waals surface area contributed by atoms with Crippen LogP contribution in [0.1, 0.15) is 47.0 Å². The van der Waals surface area contributed by atoms with Gasteiger partial charge < -0.3 is 15.0 Å². The molecule has 0 radical (unpaired) electrons. The van der Waals surface area contributed by atoms with E-state index < -0.39 is 11.6 Å². The number of hydrogen-bond donors (Lipinski definition) is 1. The normalized spacial score (nSPS) is 20.2. The first kappa shape index (κ1) is 17.5. The minimum absolute atomic E-state index is 0.00723. The van der Waals surface area contributed by atoms with E-state index in [9.17, 15) is 14.4 Å². The molecule has 0 bridgehead atoms. The number of esters is 1. The Kier molecular flexibility index (Phi) is 5.12. The van der Waals surface area contributed by atoms with Gasteiger partial charge in [-0.25, -0.2) is 4.79 Å². The van der Waals surface area contributed by atoms with E-state index in [0.717, 1.165) is 6.42 Å². The quantitative estimate of drug-likeness (QED) is 0.794. The third-order valence-electron chi connectivity index (χ3n) is 4.68. The molecule has 0 aromatic heterocycles. The topological polar surface area (TPSA) is 75.7 Å². The summed E-state index contributed by atoms with van der Waals surface area (Å²) in [7, 11) is 0. The van der Waals surface area contributed by atoms with Crippen molar-refractivity contribution in [2.24, 2.45) is 5.92 Å². The SMILES string of the molecule is CC(=O)N1CCC2(CC1)OC(=O)C(C)=C2C(=O)NCCC(C)C. The fourth-order valence-corrected chi connectivity index (χ4v) is 3.22. The summed E-state index contributed by atoms with van der Waals surface area (Å²) in [5.41, 5.74) is -0.0209. The molecule has 23 heavy (non-hydrogen) atoms. The predicted octanol–water partition coefficient (Wildman–Crippen LogP) is 1.40. The lowest BCUT2D eigenvalue weighted by Gasteiger charge is -2.39. The Balaban J connectivity index is 2.13. The van der Waals surface area contributed by atoms with Crippen LogP contribution in [0.25, 0.3) is 0 Å². The van der Waals surface area contributed by atoms with Gasteiger partial charge in [-0.05, 0) is 19.3 Å². The summed E-state index contributed by atoms with van der Waals surface area (Å²) in [5.74, 6) is -0.132. The third-order valence-corrected chi connectivity index (χ3v) is 4.68.